The molecule has 0 saturated heterocycles. The molecule has 3 rings (SSSR count). The monoisotopic (exact) mass is 285 g/mol. The second kappa shape index (κ2) is 5.53. The Balaban J connectivity index is 2.10. The maximum atomic E-state index is 5.54. The molecule has 4 heteroatoms. The van der Waals surface area contributed by atoms with Gasteiger partial charge in [-0.05, 0) is 41.7 Å². The molecule has 112 valence electrons. The molecule has 1 aromatic heterocycles. The van der Waals surface area contributed by atoms with Crippen molar-refractivity contribution in [3.05, 3.63) is 46.5 Å². The van der Waals surface area contributed by atoms with Gasteiger partial charge in [0.05, 0.1) is 25.2 Å². The van der Waals surface area contributed by atoms with E-state index in [0.29, 0.717) is 5.92 Å². The number of aromatic amines is 1. The molecule has 4 nitrogen and oxygen atoms in total. The minimum absolute atomic E-state index is 0.170. The second-order valence-corrected chi connectivity index (χ2v) is 6.01. The minimum Gasteiger partial charge on any atom is -0.496 e. The summed E-state index contributed by atoms with van der Waals surface area (Å²) in [6.45, 7) is 7.52. The molecule has 0 radical (unpaired) electrons. The molecule has 0 saturated carbocycles. The van der Waals surface area contributed by atoms with Crippen molar-refractivity contribution in [3.8, 4) is 5.75 Å². The standard InChI is InChI=1S/C17H23N3O/c1-10(2)12-8-13(11(3)7-15(12)21-4)16-17-14(5-6-18-16)19-9-20-17/h7-10,16,18H,5-6H2,1-4H3,(H,19,20). The van der Waals surface area contributed by atoms with Crippen LogP contribution < -0.4 is 10.1 Å². The smallest absolute Gasteiger partial charge is 0.122 e. The Morgan fingerprint density at radius 1 is 1.33 bits per heavy atom. The number of hydrogen-bond donors (Lipinski definition) is 2. The largest absolute Gasteiger partial charge is 0.496 e. The number of aromatic nitrogens is 2. The summed E-state index contributed by atoms with van der Waals surface area (Å²) in [5.41, 5.74) is 6.17. The number of H-pyrrole nitrogens is 1. The average Bonchev–Trinajstić information content (AvgIpc) is 2.95. The van der Waals surface area contributed by atoms with Gasteiger partial charge in [0.2, 0.25) is 0 Å². The number of nitrogens with zero attached hydrogens (tertiary/aromatic N) is 1. The topological polar surface area (TPSA) is 49.9 Å². The van der Waals surface area contributed by atoms with Crippen LogP contribution in [-0.4, -0.2) is 23.6 Å². The van der Waals surface area contributed by atoms with Crippen molar-refractivity contribution in [3.63, 3.8) is 0 Å². The first-order valence-corrected chi connectivity index (χ1v) is 7.55. The molecule has 1 aromatic carbocycles. The van der Waals surface area contributed by atoms with E-state index < -0.39 is 0 Å². The van der Waals surface area contributed by atoms with Gasteiger partial charge in [-0.3, -0.25) is 0 Å². The van der Waals surface area contributed by atoms with Gasteiger partial charge in [0, 0.05) is 18.7 Å². The SMILES string of the molecule is COc1cc(C)c(C2NCCc3[nH]cnc32)cc1C(C)C. The number of benzene rings is 1. The van der Waals surface area contributed by atoms with Crippen LogP contribution >= 0.6 is 0 Å². The lowest BCUT2D eigenvalue weighted by Crippen LogP contribution is -2.31. The van der Waals surface area contributed by atoms with Gasteiger partial charge in [0.1, 0.15) is 5.75 Å². The van der Waals surface area contributed by atoms with Gasteiger partial charge in [-0.2, -0.15) is 0 Å². The van der Waals surface area contributed by atoms with Crippen molar-refractivity contribution in [1.29, 1.82) is 0 Å². The normalized spacial score (nSPS) is 17.9. The van der Waals surface area contributed by atoms with E-state index in [1.165, 1.54) is 22.4 Å². The summed E-state index contributed by atoms with van der Waals surface area (Å²) in [5, 5.41) is 3.60. The highest BCUT2D eigenvalue weighted by atomic mass is 16.5. The van der Waals surface area contributed by atoms with Crippen molar-refractivity contribution in [2.75, 3.05) is 13.7 Å². The third kappa shape index (κ3) is 2.44. The van der Waals surface area contributed by atoms with E-state index in [0.717, 1.165) is 24.4 Å². The van der Waals surface area contributed by atoms with Gasteiger partial charge < -0.3 is 15.0 Å². The Bertz CT molecular complexity index is 645. The first kappa shape index (κ1) is 14.1. The summed E-state index contributed by atoms with van der Waals surface area (Å²) in [6, 6.07) is 4.59. The third-order valence-electron chi connectivity index (χ3n) is 4.30. The molecule has 21 heavy (non-hydrogen) atoms. The number of imidazole rings is 1. The van der Waals surface area contributed by atoms with E-state index in [4.69, 9.17) is 4.74 Å². The van der Waals surface area contributed by atoms with E-state index in [9.17, 15) is 0 Å². The second-order valence-electron chi connectivity index (χ2n) is 6.01. The zero-order valence-electron chi connectivity index (χ0n) is 13.2. The Morgan fingerprint density at radius 2 is 2.14 bits per heavy atom. The lowest BCUT2D eigenvalue weighted by molar-refractivity contribution is 0.406. The predicted molar refractivity (Wildman–Crippen MR) is 84.0 cm³/mol. The number of methoxy groups -OCH3 is 1. The highest BCUT2D eigenvalue weighted by Crippen LogP contribution is 2.35. The maximum absolute atomic E-state index is 5.54. The van der Waals surface area contributed by atoms with E-state index in [-0.39, 0.29) is 6.04 Å². The zero-order chi connectivity index (χ0) is 15.0. The predicted octanol–water partition coefficient (Wildman–Crippen LogP) is 3.09. The summed E-state index contributed by atoms with van der Waals surface area (Å²) in [5.74, 6) is 1.41. The fourth-order valence-electron chi connectivity index (χ4n) is 3.13. The van der Waals surface area contributed by atoms with Gasteiger partial charge >= 0.3 is 0 Å². The highest BCUT2D eigenvalue weighted by Gasteiger charge is 2.26. The van der Waals surface area contributed by atoms with Crippen LogP contribution in [0.2, 0.25) is 0 Å². The van der Waals surface area contributed by atoms with Gasteiger partial charge in [-0.25, -0.2) is 4.98 Å². The third-order valence-corrected chi connectivity index (χ3v) is 4.30. The quantitative estimate of drug-likeness (QED) is 0.911. The molecule has 0 aliphatic carbocycles. The number of aryl methyl sites for hydroxylation is 1. The molecule has 2 aromatic rings. The molecular weight excluding hydrogens is 262 g/mol. The molecule has 2 N–H and O–H groups in total. The molecular formula is C17H23N3O. The van der Waals surface area contributed by atoms with Crippen molar-refractivity contribution in [2.45, 2.75) is 39.2 Å². The van der Waals surface area contributed by atoms with Crippen molar-refractivity contribution in [1.82, 2.24) is 15.3 Å². The van der Waals surface area contributed by atoms with E-state index in [2.05, 4.69) is 48.2 Å². The van der Waals surface area contributed by atoms with Crippen molar-refractivity contribution < 1.29 is 4.74 Å². The Morgan fingerprint density at radius 3 is 2.86 bits per heavy atom. The molecule has 1 aliphatic rings. The molecule has 1 aliphatic heterocycles. The fraction of sp³-hybridized carbons (Fsp3) is 0.471. The van der Waals surface area contributed by atoms with Crippen LogP contribution in [0.4, 0.5) is 0 Å². The number of nitrogens with one attached hydrogen (secondary N) is 2. The van der Waals surface area contributed by atoms with Crippen LogP contribution in [0.1, 0.15) is 53.9 Å². The fourth-order valence-corrected chi connectivity index (χ4v) is 3.13. The maximum Gasteiger partial charge on any atom is 0.122 e. The number of fused-ring (bicyclic) bond motifs is 1. The van der Waals surface area contributed by atoms with Crippen LogP contribution in [0, 0.1) is 6.92 Å². The highest BCUT2D eigenvalue weighted by molar-refractivity contribution is 5.47. The van der Waals surface area contributed by atoms with Crippen molar-refractivity contribution in [2.24, 2.45) is 0 Å². The Hall–Kier alpha value is -1.81. The van der Waals surface area contributed by atoms with Crippen LogP contribution in [0.3, 0.4) is 0 Å². The van der Waals surface area contributed by atoms with E-state index >= 15 is 0 Å². The summed E-state index contributed by atoms with van der Waals surface area (Å²) < 4.78 is 5.54. The zero-order valence-corrected chi connectivity index (χ0v) is 13.2. The molecule has 1 unspecified atom stereocenters. The molecule has 0 fully saturated rings. The van der Waals surface area contributed by atoms with Gasteiger partial charge in [-0.15, -0.1) is 0 Å². The van der Waals surface area contributed by atoms with Crippen molar-refractivity contribution >= 4 is 0 Å². The molecule has 0 spiro atoms. The van der Waals surface area contributed by atoms with Gasteiger partial charge in [-0.1, -0.05) is 13.8 Å². The summed E-state index contributed by atoms with van der Waals surface area (Å²) in [4.78, 5) is 7.78. The average molecular weight is 285 g/mol. The van der Waals surface area contributed by atoms with E-state index in [1.807, 2.05) is 0 Å². The summed E-state index contributed by atoms with van der Waals surface area (Å²) in [6.07, 6.45) is 2.81. The number of rotatable bonds is 3. The lowest BCUT2D eigenvalue weighted by Gasteiger charge is -2.26. The van der Waals surface area contributed by atoms with Crippen LogP contribution in [0.5, 0.6) is 5.75 Å². The Labute approximate surface area is 125 Å². The number of ether oxygens (including phenoxy) is 1. The van der Waals surface area contributed by atoms with E-state index in [1.54, 1.807) is 13.4 Å². The van der Waals surface area contributed by atoms with Gasteiger partial charge in [0.15, 0.2) is 0 Å². The first-order valence-electron chi connectivity index (χ1n) is 7.55. The number of hydrogen-bond acceptors (Lipinski definition) is 3. The van der Waals surface area contributed by atoms with Crippen LogP contribution in [0.25, 0.3) is 0 Å². The summed E-state index contributed by atoms with van der Waals surface area (Å²) in [7, 11) is 1.74. The molecule has 0 bridgehead atoms. The lowest BCUT2D eigenvalue weighted by atomic mass is 9.90. The molecule has 1 atom stereocenters. The van der Waals surface area contributed by atoms with Gasteiger partial charge in [0.25, 0.3) is 0 Å². The Kier molecular flexibility index (Phi) is 3.72. The summed E-state index contributed by atoms with van der Waals surface area (Å²) >= 11 is 0. The van der Waals surface area contributed by atoms with Crippen LogP contribution in [-0.2, 0) is 6.42 Å². The molecule has 0 amide bonds. The first-order chi connectivity index (χ1) is 10.1. The molecule has 2 heterocycles. The van der Waals surface area contributed by atoms with Crippen LogP contribution in [0.15, 0.2) is 18.5 Å². The minimum atomic E-state index is 0.170.